The van der Waals surface area contributed by atoms with Crippen LogP contribution in [0.2, 0.25) is 0 Å². The molecular formula is C69H125NO10. The first-order valence-electron chi connectivity index (χ1n) is 33.6. The number of nitrogens with one attached hydrogen (secondary N) is 1. The van der Waals surface area contributed by atoms with E-state index in [1.165, 1.54) is 173 Å². The zero-order valence-corrected chi connectivity index (χ0v) is 51.7. The lowest BCUT2D eigenvalue weighted by Crippen LogP contribution is -2.61. The number of carbonyl (C=O) groups is 2. The van der Waals surface area contributed by atoms with Crippen LogP contribution >= 0.6 is 0 Å². The molecule has 8 unspecified atom stereocenters. The standard InChI is InChI=1S/C69H125NO10/c1-4-7-10-13-16-19-22-25-26-27-28-29-30-31-32-33-34-35-36-37-39-41-44-47-50-53-56-62(73)68(77)70-60(61(72)55-52-49-46-43-40-24-21-18-15-12-9-6-3)59-78-69-67(66(76)65(75)63(58-71)79-69)80-64(74)57-54-51-48-45-42-38-23-20-17-14-11-8-5-2/h16,19,25-26,28-29,31-32,52,55,60-63,65-67,69,71-73,75-76H,4-15,17-18,20-24,27,30,33-51,53-54,56-59H2,1-3H3,(H,70,77)/b19-16-,26-25-,29-28-,32-31-,55-52+. The Morgan fingerprint density at radius 1 is 0.487 bits per heavy atom. The first kappa shape index (κ1) is 75.4. The predicted molar refractivity (Wildman–Crippen MR) is 333 cm³/mol. The molecule has 1 rings (SSSR count). The number of hydrogen-bond donors (Lipinski definition) is 6. The molecule has 11 nitrogen and oxygen atoms in total. The van der Waals surface area contributed by atoms with Crippen LogP contribution in [0.25, 0.3) is 0 Å². The molecule has 0 aromatic heterocycles. The van der Waals surface area contributed by atoms with E-state index in [-0.39, 0.29) is 19.4 Å². The van der Waals surface area contributed by atoms with E-state index in [9.17, 15) is 35.1 Å². The summed E-state index contributed by atoms with van der Waals surface area (Å²) in [7, 11) is 0. The Bertz CT molecular complexity index is 1530. The maximum Gasteiger partial charge on any atom is 0.306 e. The molecule has 8 atom stereocenters. The van der Waals surface area contributed by atoms with E-state index in [0.717, 1.165) is 83.5 Å². The fourth-order valence-corrected chi connectivity index (χ4v) is 10.3. The minimum absolute atomic E-state index is 0.126. The van der Waals surface area contributed by atoms with Crippen molar-refractivity contribution in [2.24, 2.45) is 0 Å². The van der Waals surface area contributed by atoms with Crippen LogP contribution < -0.4 is 5.32 Å². The Balaban J connectivity index is 2.58. The highest BCUT2D eigenvalue weighted by Crippen LogP contribution is 2.26. The molecule has 0 spiro atoms. The third-order valence-corrected chi connectivity index (χ3v) is 15.7. The van der Waals surface area contributed by atoms with Gasteiger partial charge in [-0.2, -0.15) is 0 Å². The number of esters is 1. The second kappa shape index (κ2) is 56.8. The molecule has 1 fully saturated rings. The molecule has 1 amide bonds. The Hall–Kier alpha value is -2.64. The van der Waals surface area contributed by atoms with Gasteiger partial charge in [-0.05, 0) is 70.6 Å². The van der Waals surface area contributed by atoms with Crippen molar-refractivity contribution >= 4 is 11.9 Å². The van der Waals surface area contributed by atoms with Gasteiger partial charge in [-0.3, -0.25) is 9.59 Å². The van der Waals surface area contributed by atoms with Crippen molar-refractivity contribution in [2.45, 2.75) is 352 Å². The number of unbranched alkanes of at least 4 members (excludes halogenated alkanes) is 35. The quantitative estimate of drug-likeness (QED) is 0.0195. The molecular weight excluding hydrogens is 1000 g/mol. The number of aliphatic hydroxyl groups excluding tert-OH is 5. The monoisotopic (exact) mass is 1130 g/mol. The van der Waals surface area contributed by atoms with Crippen molar-refractivity contribution in [1.82, 2.24) is 5.32 Å². The third-order valence-electron chi connectivity index (χ3n) is 15.7. The molecule has 466 valence electrons. The van der Waals surface area contributed by atoms with Crippen LogP contribution in [0, 0.1) is 0 Å². The Labute approximate surface area is 490 Å². The summed E-state index contributed by atoms with van der Waals surface area (Å²) in [6.07, 6.45) is 61.2. The summed E-state index contributed by atoms with van der Waals surface area (Å²) >= 11 is 0. The van der Waals surface area contributed by atoms with E-state index in [2.05, 4.69) is 74.7 Å². The van der Waals surface area contributed by atoms with Crippen molar-refractivity contribution < 1.29 is 49.3 Å². The average Bonchev–Trinajstić information content (AvgIpc) is 3.51. The van der Waals surface area contributed by atoms with Crippen molar-refractivity contribution in [3.05, 3.63) is 60.8 Å². The maximum atomic E-state index is 13.5. The molecule has 1 heterocycles. The number of aliphatic hydroxyl groups is 5. The van der Waals surface area contributed by atoms with Gasteiger partial charge in [0.2, 0.25) is 5.91 Å². The van der Waals surface area contributed by atoms with Gasteiger partial charge in [0, 0.05) is 6.42 Å². The highest BCUT2D eigenvalue weighted by molar-refractivity contribution is 5.80. The van der Waals surface area contributed by atoms with Crippen molar-refractivity contribution in [3.8, 4) is 0 Å². The van der Waals surface area contributed by atoms with Crippen LogP contribution in [0.5, 0.6) is 0 Å². The number of carbonyl (C=O) groups excluding carboxylic acids is 2. The molecule has 0 aliphatic carbocycles. The second-order valence-corrected chi connectivity index (χ2v) is 23.2. The predicted octanol–water partition coefficient (Wildman–Crippen LogP) is 16.6. The summed E-state index contributed by atoms with van der Waals surface area (Å²) in [5.41, 5.74) is 0. The highest BCUT2D eigenvalue weighted by Gasteiger charge is 2.47. The Morgan fingerprint density at radius 2 is 0.863 bits per heavy atom. The van der Waals surface area contributed by atoms with Gasteiger partial charge >= 0.3 is 5.97 Å². The van der Waals surface area contributed by atoms with E-state index in [0.29, 0.717) is 12.8 Å². The van der Waals surface area contributed by atoms with Crippen LogP contribution in [0.1, 0.15) is 303 Å². The van der Waals surface area contributed by atoms with Gasteiger partial charge in [0.25, 0.3) is 0 Å². The first-order chi connectivity index (χ1) is 39.2. The Morgan fingerprint density at radius 3 is 1.31 bits per heavy atom. The molecule has 0 aromatic carbocycles. The Kier molecular flexibility index (Phi) is 53.5. The lowest BCUT2D eigenvalue weighted by Gasteiger charge is -2.41. The van der Waals surface area contributed by atoms with Gasteiger partial charge < -0.3 is 45.1 Å². The number of amides is 1. The summed E-state index contributed by atoms with van der Waals surface area (Å²) in [6.45, 7) is 5.77. The number of rotatable bonds is 57. The van der Waals surface area contributed by atoms with E-state index < -0.39 is 67.4 Å². The molecule has 1 saturated heterocycles. The van der Waals surface area contributed by atoms with Gasteiger partial charge in [0.1, 0.15) is 24.4 Å². The third kappa shape index (κ3) is 44.0. The SMILES string of the molecule is CCCCC/C=C\C/C=C\C/C=C\C/C=C\CCCCCCCCCCCCC(O)C(=O)NC(COC1OC(CO)C(O)C(O)C1OC(=O)CCCCCCCCCCCCCCC)C(O)/C=C/CCCCCCCCCCCC. The van der Waals surface area contributed by atoms with Crippen molar-refractivity contribution in [1.29, 1.82) is 0 Å². The number of hydrogen-bond acceptors (Lipinski definition) is 10. The van der Waals surface area contributed by atoms with Crippen LogP contribution in [0.15, 0.2) is 60.8 Å². The molecule has 80 heavy (non-hydrogen) atoms. The summed E-state index contributed by atoms with van der Waals surface area (Å²) in [5.74, 6) is -1.19. The van der Waals surface area contributed by atoms with E-state index in [4.69, 9.17) is 14.2 Å². The molecule has 0 radical (unpaired) electrons. The lowest BCUT2D eigenvalue weighted by molar-refractivity contribution is -0.305. The fourth-order valence-electron chi connectivity index (χ4n) is 10.3. The van der Waals surface area contributed by atoms with Crippen LogP contribution in [-0.2, 0) is 23.8 Å². The normalized spacial score (nSPS) is 19.1. The minimum Gasteiger partial charge on any atom is -0.454 e. The molecule has 1 aliphatic heterocycles. The summed E-state index contributed by atoms with van der Waals surface area (Å²) in [6, 6.07) is -1.03. The lowest BCUT2D eigenvalue weighted by atomic mass is 9.99. The fraction of sp³-hybridized carbons (Fsp3) is 0.826. The van der Waals surface area contributed by atoms with Gasteiger partial charge in [0.15, 0.2) is 12.4 Å². The average molecular weight is 1130 g/mol. The molecule has 6 N–H and O–H groups in total. The van der Waals surface area contributed by atoms with Crippen molar-refractivity contribution in [2.75, 3.05) is 13.2 Å². The first-order valence-corrected chi connectivity index (χ1v) is 33.6. The largest absolute Gasteiger partial charge is 0.454 e. The van der Waals surface area contributed by atoms with Gasteiger partial charge in [-0.25, -0.2) is 0 Å². The van der Waals surface area contributed by atoms with E-state index in [1.54, 1.807) is 6.08 Å². The molecule has 0 aromatic rings. The molecule has 1 aliphatic rings. The van der Waals surface area contributed by atoms with Gasteiger partial charge in [0.05, 0.1) is 25.4 Å². The van der Waals surface area contributed by atoms with Crippen LogP contribution in [-0.4, -0.2) is 99.6 Å². The minimum atomic E-state index is -1.61. The topological polar surface area (TPSA) is 175 Å². The molecule has 0 saturated carbocycles. The van der Waals surface area contributed by atoms with Crippen LogP contribution in [0.3, 0.4) is 0 Å². The zero-order valence-electron chi connectivity index (χ0n) is 51.7. The smallest absolute Gasteiger partial charge is 0.306 e. The van der Waals surface area contributed by atoms with Crippen LogP contribution in [0.4, 0.5) is 0 Å². The van der Waals surface area contributed by atoms with Gasteiger partial charge in [-0.15, -0.1) is 0 Å². The number of allylic oxidation sites excluding steroid dienone is 9. The van der Waals surface area contributed by atoms with Crippen molar-refractivity contribution in [3.63, 3.8) is 0 Å². The van der Waals surface area contributed by atoms with Gasteiger partial charge in [-0.1, -0.05) is 287 Å². The summed E-state index contributed by atoms with van der Waals surface area (Å²) < 4.78 is 17.6. The molecule has 0 bridgehead atoms. The van der Waals surface area contributed by atoms with E-state index >= 15 is 0 Å². The second-order valence-electron chi connectivity index (χ2n) is 23.2. The maximum absolute atomic E-state index is 13.5. The highest BCUT2D eigenvalue weighted by atomic mass is 16.7. The van der Waals surface area contributed by atoms with E-state index in [1.807, 2.05) is 6.08 Å². The summed E-state index contributed by atoms with van der Waals surface area (Å²) in [5, 5.41) is 57.1. The number of ether oxygens (including phenoxy) is 3. The molecule has 11 heteroatoms. The summed E-state index contributed by atoms with van der Waals surface area (Å²) in [4.78, 5) is 26.6. The zero-order chi connectivity index (χ0) is 58.2.